The number of aliphatic carboxylic acids is 2. The highest BCUT2D eigenvalue weighted by atomic mass is 32.1. The quantitative estimate of drug-likeness (QED) is 0.541. The van der Waals surface area contributed by atoms with E-state index >= 15 is 0 Å². The molecule has 3 fully saturated rings. The molecular weight excluding hydrogens is 446 g/mol. The van der Waals surface area contributed by atoms with Crippen LogP contribution in [0.2, 0.25) is 0 Å². The Balaban J connectivity index is 0.000000331. The number of nitrogens with zero attached hydrogens (tertiary/aromatic N) is 2. The summed E-state index contributed by atoms with van der Waals surface area (Å²) < 4.78 is 5.74. The first kappa shape index (κ1) is 24.4. The van der Waals surface area contributed by atoms with Crippen LogP contribution in [0.5, 0.6) is 0 Å². The van der Waals surface area contributed by atoms with Gasteiger partial charge < -0.3 is 14.9 Å². The van der Waals surface area contributed by atoms with Crippen molar-refractivity contribution in [3.63, 3.8) is 0 Å². The predicted molar refractivity (Wildman–Crippen MR) is 124 cm³/mol. The number of nitrogens with one attached hydrogen (secondary N) is 1. The molecule has 0 spiro atoms. The molecule has 9 nitrogen and oxygen atoms in total. The lowest BCUT2D eigenvalue weighted by atomic mass is 9.86. The molecule has 10 heteroatoms. The molecular formula is C23H27N3O6S. The minimum Gasteiger partial charge on any atom is -0.478 e. The molecule has 3 N–H and O–H groups in total. The summed E-state index contributed by atoms with van der Waals surface area (Å²) in [4.78, 5) is 39.5. The number of carboxylic acids is 2. The van der Waals surface area contributed by atoms with Gasteiger partial charge in [0.1, 0.15) is 6.10 Å². The van der Waals surface area contributed by atoms with E-state index in [1.165, 1.54) is 0 Å². The van der Waals surface area contributed by atoms with Crippen LogP contribution in [0.15, 0.2) is 42.5 Å². The highest BCUT2D eigenvalue weighted by Crippen LogP contribution is 2.35. The van der Waals surface area contributed by atoms with Crippen molar-refractivity contribution < 1.29 is 29.3 Å². The van der Waals surface area contributed by atoms with Gasteiger partial charge in [0, 0.05) is 18.7 Å². The molecule has 0 aliphatic carbocycles. The van der Waals surface area contributed by atoms with Gasteiger partial charge in [0.05, 0.1) is 9.88 Å². The van der Waals surface area contributed by atoms with Gasteiger partial charge in [-0.25, -0.2) is 19.4 Å². The van der Waals surface area contributed by atoms with Crippen molar-refractivity contribution in [2.75, 3.05) is 25.0 Å². The minimum atomic E-state index is -1.26. The normalized spacial score (nSPS) is 21.2. The average molecular weight is 474 g/mol. The average Bonchev–Trinajstić information content (AvgIpc) is 3.22. The molecule has 5 rings (SSSR count). The molecule has 1 amide bonds. The van der Waals surface area contributed by atoms with E-state index in [4.69, 9.17) is 14.9 Å². The Kier molecular flexibility index (Phi) is 8.56. The molecule has 1 atom stereocenters. The number of thiazole rings is 1. The molecule has 3 aliphatic heterocycles. The van der Waals surface area contributed by atoms with E-state index in [9.17, 15) is 14.4 Å². The van der Waals surface area contributed by atoms with E-state index in [2.05, 4.69) is 22.1 Å². The van der Waals surface area contributed by atoms with Crippen LogP contribution in [0.1, 0.15) is 24.8 Å². The fourth-order valence-electron chi connectivity index (χ4n) is 3.84. The Hall–Kier alpha value is -3.24. The monoisotopic (exact) mass is 473 g/mol. The smallest absolute Gasteiger partial charge is 0.413 e. The summed E-state index contributed by atoms with van der Waals surface area (Å²) in [6.45, 7) is 5.20. The zero-order chi connectivity index (χ0) is 23.8. The van der Waals surface area contributed by atoms with Gasteiger partial charge in [-0.05, 0) is 43.8 Å². The molecule has 4 heterocycles. The third kappa shape index (κ3) is 7.13. The maximum absolute atomic E-state index is 12.5. The number of aryl methyl sites for hydroxylation is 1. The number of carboxylic acid groups (broad SMARTS) is 2. The zero-order valence-corrected chi connectivity index (χ0v) is 19.1. The summed E-state index contributed by atoms with van der Waals surface area (Å²) in [6.07, 6.45) is 3.84. The molecule has 176 valence electrons. The van der Waals surface area contributed by atoms with Crippen molar-refractivity contribution in [1.29, 1.82) is 0 Å². The molecule has 1 aromatic carbocycles. The number of hydrogen-bond donors (Lipinski definition) is 3. The van der Waals surface area contributed by atoms with Crippen molar-refractivity contribution >= 4 is 35.2 Å². The standard InChI is InChI=1S/C19H23N3O2S.C4H4O4/c1-2-16-20-18(17(25-16)14-6-4-3-5-7-14)21-19(23)24-15-12-22-10-8-13(15)9-11-22;5-3(6)1-2-4(7)8/h3-7,13,15H,2,8-12H2,1H3,(H,21,23);1-2H,(H,5,6)(H,7,8)/b;2-1+/t15-;/m0./s1. The Morgan fingerprint density at radius 2 is 1.79 bits per heavy atom. The lowest BCUT2D eigenvalue weighted by molar-refractivity contribution is -0.134. The van der Waals surface area contributed by atoms with Crippen LogP contribution >= 0.6 is 11.3 Å². The Morgan fingerprint density at radius 3 is 2.30 bits per heavy atom. The van der Waals surface area contributed by atoms with E-state index in [1.54, 1.807) is 11.3 Å². The summed E-state index contributed by atoms with van der Waals surface area (Å²) in [7, 11) is 0. The maximum Gasteiger partial charge on any atom is 0.413 e. The van der Waals surface area contributed by atoms with Gasteiger partial charge in [-0.3, -0.25) is 10.2 Å². The number of benzene rings is 1. The van der Waals surface area contributed by atoms with Crippen LogP contribution in [0, 0.1) is 5.92 Å². The van der Waals surface area contributed by atoms with Gasteiger partial charge in [0.15, 0.2) is 5.82 Å². The number of rotatable bonds is 6. The lowest BCUT2D eigenvalue weighted by Gasteiger charge is -2.43. The second kappa shape index (κ2) is 11.6. The number of ether oxygens (including phenoxy) is 1. The molecule has 33 heavy (non-hydrogen) atoms. The number of carbonyl (C=O) groups excluding carboxylic acids is 1. The molecule has 3 aliphatic rings. The van der Waals surface area contributed by atoms with E-state index < -0.39 is 11.9 Å². The Morgan fingerprint density at radius 1 is 1.15 bits per heavy atom. The Bertz CT molecular complexity index is 983. The third-order valence-electron chi connectivity index (χ3n) is 5.45. The number of aromatic nitrogens is 1. The fourth-order valence-corrected chi connectivity index (χ4v) is 4.80. The molecule has 0 unspecified atom stereocenters. The molecule has 2 bridgehead atoms. The van der Waals surface area contributed by atoms with Crippen LogP contribution in [-0.2, 0) is 20.7 Å². The second-order valence-corrected chi connectivity index (χ2v) is 8.81. The molecule has 0 radical (unpaired) electrons. The first-order valence-electron chi connectivity index (χ1n) is 10.7. The van der Waals surface area contributed by atoms with Crippen LogP contribution in [0.25, 0.3) is 10.4 Å². The summed E-state index contributed by atoms with van der Waals surface area (Å²) in [5.74, 6) is -1.40. The summed E-state index contributed by atoms with van der Waals surface area (Å²) >= 11 is 1.62. The number of hydrogen-bond acceptors (Lipinski definition) is 7. The van der Waals surface area contributed by atoms with Crippen LogP contribution < -0.4 is 5.32 Å². The van der Waals surface area contributed by atoms with Crippen LogP contribution in [-0.4, -0.2) is 63.9 Å². The van der Waals surface area contributed by atoms with E-state index in [0.717, 1.165) is 54.3 Å². The van der Waals surface area contributed by atoms with Crippen molar-refractivity contribution in [2.45, 2.75) is 32.3 Å². The zero-order valence-electron chi connectivity index (χ0n) is 18.3. The first-order chi connectivity index (χ1) is 15.9. The largest absolute Gasteiger partial charge is 0.478 e. The van der Waals surface area contributed by atoms with Gasteiger partial charge >= 0.3 is 18.0 Å². The molecule has 2 aromatic rings. The van der Waals surface area contributed by atoms with E-state index in [0.29, 0.717) is 23.9 Å². The van der Waals surface area contributed by atoms with Gasteiger partial charge in [-0.15, -0.1) is 11.3 Å². The van der Waals surface area contributed by atoms with Gasteiger partial charge in [-0.2, -0.15) is 0 Å². The number of carbonyl (C=O) groups is 3. The van der Waals surface area contributed by atoms with Crippen molar-refractivity contribution in [3.8, 4) is 10.4 Å². The molecule has 3 saturated heterocycles. The van der Waals surface area contributed by atoms with E-state index in [1.807, 2.05) is 30.3 Å². The number of amides is 1. The SMILES string of the molecule is CCc1nc(NC(=O)O[C@H]2CN3CCC2CC3)c(-c2ccccc2)s1.O=C(O)/C=C/C(=O)O. The fraction of sp³-hybridized carbons (Fsp3) is 0.391. The lowest BCUT2D eigenvalue weighted by Crippen LogP contribution is -2.52. The van der Waals surface area contributed by atoms with Gasteiger partial charge in [0.2, 0.25) is 0 Å². The third-order valence-corrected chi connectivity index (χ3v) is 6.70. The predicted octanol–water partition coefficient (Wildman–Crippen LogP) is 3.73. The summed E-state index contributed by atoms with van der Waals surface area (Å²) in [5.41, 5.74) is 1.07. The van der Waals surface area contributed by atoms with E-state index in [-0.39, 0.29) is 12.2 Å². The number of piperidine rings is 3. The van der Waals surface area contributed by atoms with Crippen LogP contribution in [0.4, 0.5) is 10.6 Å². The number of anilines is 1. The topological polar surface area (TPSA) is 129 Å². The number of fused-ring (bicyclic) bond motifs is 3. The maximum atomic E-state index is 12.5. The minimum absolute atomic E-state index is 0.00644. The van der Waals surface area contributed by atoms with Crippen LogP contribution in [0.3, 0.4) is 0 Å². The molecule has 0 saturated carbocycles. The second-order valence-electron chi connectivity index (χ2n) is 7.72. The molecule has 1 aromatic heterocycles. The van der Waals surface area contributed by atoms with Gasteiger partial charge in [-0.1, -0.05) is 37.3 Å². The summed E-state index contributed by atoms with van der Waals surface area (Å²) in [5, 5.41) is 19.5. The van der Waals surface area contributed by atoms with Crippen molar-refractivity contribution in [3.05, 3.63) is 47.5 Å². The summed E-state index contributed by atoms with van der Waals surface area (Å²) in [6, 6.07) is 10.1. The van der Waals surface area contributed by atoms with Gasteiger partial charge in [0.25, 0.3) is 0 Å². The Labute approximate surface area is 195 Å². The highest BCUT2D eigenvalue weighted by molar-refractivity contribution is 7.15. The highest BCUT2D eigenvalue weighted by Gasteiger charge is 2.36. The van der Waals surface area contributed by atoms with Crippen molar-refractivity contribution in [1.82, 2.24) is 9.88 Å². The first-order valence-corrected chi connectivity index (χ1v) is 11.6. The van der Waals surface area contributed by atoms with Crippen molar-refractivity contribution in [2.24, 2.45) is 5.92 Å².